The van der Waals surface area contributed by atoms with E-state index in [0.29, 0.717) is 5.75 Å². The summed E-state index contributed by atoms with van der Waals surface area (Å²) in [5.74, 6) is 0.286. The Morgan fingerprint density at radius 1 is 1.29 bits per heavy atom. The molecule has 1 N–H and O–H groups in total. The first-order chi connectivity index (χ1) is 11.5. The van der Waals surface area contributed by atoms with E-state index in [0.717, 1.165) is 15.6 Å². The minimum absolute atomic E-state index is 0.0508. The van der Waals surface area contributed by atoms with Crippen LogP contribution in [-0.2, 0) is 4.79 Å². The van der Waals surface area contributed by atoms with Crippen molar-refractivity contribution < 1.29 is 9.53 Å². The van der Waals surface area contributed by atoms with E-state index in [1.165, 1.54) is 0 Å². The SMILES string of the molecule is COc1ccc(/C=C(\C#N)C(=O)NC(C)c2ccccc2)cc1Br. The van der Waals surface area contributed by atoms with Gasteiger partial charge < -0.3 is 10.1 Å². The van der Waals surface area contributed by atoms with Crippen molar-refractivity contribution in [1.82, 2.24) is 5.32 Å². The molecule has 5 heteroatoms. The number of carbonyl (C=O) groups is 1. The maximum absolute atomic E-state index is 12.3. The molecule has 0 aromatic heterocycles. The van der Waals surface area contributed by atoms with Gasteiger partial charge in [0.2, 0.25) is 0 Å². The highest BCUT2D eigenvalue weighted by Gasteiger charge is 2.14. The fourth-order valence-electron chi connectivity index (χ4n) is 2.19. The molecule has 1 atom stereocenters. The van der Waals surface area contributed by atoms with E-state index in [4.69, 9.17) is 4.74 Å². The first-order valence-electron chi connectivity index (χ1n) is 7.36. The fraction of sp³-hybridized carbons (Fsp3) is 0.158. The lowest BCUT2D eigenvalue weighted by Crippen LogP contribution is -2.27. The van der Waals surface area contributed by atoms with Gasteiger partial charge in [0.05, 0.1) is 17.6 Å². The Morgan fingerprint density at radius 2 is 2.00 bits per heavy atom. The minimum atomic E-state index is -0.402. The summed E-state index contributed by atoms with van der Waals surface area (Å²) in [5.41, 5.74) is 1.77. The first kappa shape index (κ1) is 17.8. The maximum Gasteiger partial charge on any atom is 0.262 e. The number of rotatable bonds is 5. The third-order valence-corrected chi connectivity index (χ3v) is 4.12. The van der Waals surface area contributed by atoms with Crippen LogP contribution in [0.15, 0.2) is 58.6 Å². The van der Waals surface area contributed by atoms with E-state index in [9.17, 15) is 10.1 Å². The summed E-state index contributed by atoms with van der Waals surface area (Å²) in [6.07, 6.45) is 1.55. The van der Waals surface area contributed by atoms with Crippen molar-refractivity contribution in [2.45, 2.75) is 13.0 Å². The molecule has 2 aromatic rings. The smallest absolute Gasteiger partial charge is 0.262 e. The molecule has 0 bridgehead atoms. The second-order valence-electron chi connectivity index (χ2n) is 5.17. The van der Waals surface area contributed by atoms with Gasteiger partial charge in [-0.3, -0.25) is 4.79 Å². The Kier molecular flexibility index (Phi) is 6.16. The molecule has 1 amide bonds. The van der Waals surface area contributed by atoms with Gasteiger partial charge >= 0.3 is 0 Å². The summed E-state index contributed by atoms with van der Waals surface area (Å²) in [6.45, 7) is 1.88. The minimum Gasteiger partial charge on any atom is -0.496 e. The average molecular weight is 385 g/mol. The van der Waals surface area contributed by atoms with Crippen molar-refractivity contribution in [2.24, 2.45) is 0 Å². The predicted octanol–water partition coefficient (Wildman–Crippen LogP) is 4.24. The molecule has 4 nitrogen and oxygen atoms in total. The standard InChI is InChI=1S/C19H17BrN2O2/c1-13(15-6-4-3-5-7-15)22-19(23)16(12-21)10-14-8-9-18(24-2)17(20)11-14/h3-11,13H,1-2H3,(H,22,23)/b16-10+. The van der Waals surface area contributed by atoms with E-state index in [1.807, 2.05) is 43.3 Å². The van der Waals surface area contributed by atoms with Crippen molar-refractivity contribution >= 4 is 27.9 Å². The Labute approximate surface area is 149 Å². The molecular formula is C19H17BrN2O2. The summed E-state index contributed by atoms with van der Waals surface area (Å²) in [7, 11) is 1.58. The maximum atomic E-state index is 12.3. The Morgan fingerprint density at radius 3 is 2.58 bits per heavy atom. The molecule has 2 rings (SSSR count). The number of halogens is 1. The van der Waals surface area contributed by atoms with Crippen LogP contribution in [0.2, 0.25) is 0 Å². The number of hydrogen-bond donors (Lipinski definition) is 1. The zero-order valence-electron chi connectivity index (χ0n) is 13.4. The van der Waals surface area contributed by atoms with Crippen LogP contribution in [0.3, 0.4) is 0 Å². The lowest BCUT2D eigenvalue weighted by molar-refractivity contribution is -0.117. The van der Waals surface area contributed by atoms with Gasteiger partial charge in [-0.25, -0.2) is 0 Å². The number of hydrogen-bond acceptors (Lipinski definition) is 3. The summed E-state index contributed by atoms with van der Waals surface area (Å²) in [5, 5.41) is 12.1. The number of nitriles is 1. The molecule has 24 heavy (non-hydrogen) atoms. The van der Waals surface area contributed by atoms with Crippen molar-refractivity contribution in [1.29, 1.82) is 5.26 Å². The molecule has 0 heterocycles. The van der Waals surface area contributed by atoms with Gasteiger partial charge in [-0.15, -0.1) is 0 Å². The molecule has 0 saturated heterocycles. The van der Waals surface area contributed by atoms with E-state index < -0.39 is 5.91 Å². The highest BCUT2D eigenvalue weighted by molar-refractivity contribution is 9.10. The lowest BCUT2D eigenvalue weighted by Gasteiger charge is -2.13. The van der Waals surface area contributed by atoms with Crippen LogP contribution >= 0.6 is 15.9 Å². The van der Waals surface area contributed by atoms with Crippen molar-refractivity contribution in [3.05, 3.63) is 69.7 Å². The van der Waals surface area contributed by atoms with Gasteiger partial charge in [-0.05, 0) is 52.2 Å². The highest BCUT2D eigenvalue weighted by atomic mass is 79.9. The second kappa shape index (κ2) is 8.32. The van der Waals surface area contributed by atoms with Crippen LogP contribution in [0, 0.1) is 11.3 Å². The number of nitrogens with one attached hydrogen (secondary N) is 1. The monoisotopic (exact) mass is 384 g/mol. The molecule has 1 unspecified atom stereocenters. The van der Waals surface area contributed by atoms with Gasteiger partial charge in [0.15, 0.2) is 0 Å². The summed E-state index contributed by atoms with van der Waals surface area (Å²) in [6, 6.07) is 16.7. The predicted molar refractivity (Wildman–Crippen MR) is 97.3 cm³/mol. The first-order valence-corrected chi connectivity index (χ1v) is 8.15. The number of carbonyl (C=O) groups excluding carboxylic acids is 1. The molecule has 0 fully saturated rings. The normalized spacial score (nSPS) is 12.2. The van der Waals surface area contributed by atoms with Crippen molar-refractivity contribution in [3.8, 4) is 11.8 Å². The fourth-order valence-corrected chi connectivity index (χ4v) is 2.75. The summed E-state index contributed by atoms with van der Waals surface area (Å²) < 4.78 is 5.93. The van der Waals surface area contributed by atoms with Crippen molar-refractivity contribution in [2.75, 3.05) is 7.11 Å². The second-order valence-corrected chi connectivity index (χ2v) is 6.02. The number of ether oxygens (including phenoxy) is 1. The molecule has 0 aliphatic rings. The number of methoxy groups -OCH3 is 1. The molecule has 0 aliphatic carbocycles. The number of nitrogens with zero attached hydrogens (tertiary/aromatic N) is 1. The topological polar surface area (TPSA) is 62.1 Å². The molecular weight excluding hydrogens is 368 g/mol. The van der Waals surface area contributed by atoms with Crippen LogP contribution in [0.25, 0.3) is 6.08 Å². The molecule has 122 valence electrons. The van der Waals surface area contributed by atoms with Crippen LogP contribution in [0.5, 0.6) is 5.75 Å². The van der Waals surface area contributed by atoms with E-state index in [-0.39, 0.29) is 11.6 Å². The van der Waals surface area contributed by atoms with Crippen LogP contribution in [0.1, 0.15) is 24.1 Å². The van der Waals surface area contributed by atoms with Crippen LogP contribution in [-0.4, -0.2) is 13.0 Å². The van der Waals surface area contributed by atoms with Gasteiger partial charge in [0, 0.05) is 0 Å². The third kappa shape index (κ3) is 4.46. The van der Waals surface area contributed by atoms with Crippen LogP contribution in [0.4, 0.5) is 0 Å². The van der Waals surface area contributed by atoms with Gasteiger partial charge in [0.1, 0.15) is 17.4 Å². The zero-order valence-corrected chi connectivity index (χ0v) is 15.0. The Balaban J connectivity index is 2.17. The van der Waals surface area contributed by atoms with E-state index in [1.54, 1.807) is 31.4 Å². The van der Waals surface area contributed by atoms with Crippen molar-refractivity contribution in [3.63, 3.8) is 0 Å². The van der Waals surface area contributed by atoms with Gasteiger partial charge in [-0.2, -0.15) is 5.26 Å². The highest BCUT2D eigenvalue weighted by Crippen LogP contribution is 2.26. The number of amides is 1. The molecule has 2 aromatic carbocycles. The molecule has 0 spiro atoms. The lowest BCUT2D eigenvalue weighted by atomic mass is 10.1. The third-order valence-electron chi connectivity index (χ3n) is 3.50. The zero-order chi connectivity index (χ0) is 17.5. The molecule has 0 aliphatic heterocycles. The average Bonchev–Trinajstić information content (AvgIpc) is 2.60. The number of benzene rings is 2. The van der Waals surface area contributed by atoms with Gasteiger partial charge in [-0.1, -0.05) is 36.4 Å². The Bertz CT molecular complexity index is 795. The summed E-state index contributed by atoms with van der Waals surface area (Å²) in [4.78, 5) is 12.3. The largest absolute Gasteiger partial charge is 0.496 e. The van der Waals surface area contributed by atoms with Crippen LogP contribution < -0.4 is 10.1 Å². The van der Waals surface area contributed by atoms with E-state index in [2.05, 4.69) is 21.2 Å². The summed E-state index contributed by atoms with van der Waals surface area (Å²) >= 11 is 3.39. The van der Waals surface area contributed by atoms with E-state index >= 15 is 0 Å². The quantitative estimate of drug-likeness (QED) is 0.619. The molecule has 0 radical (unpaired) electrons. The Hall–Kier alpha value is -2.58. The van der Waals surface area contributed by atoms with Gasteiger partial charge in [0.25, 0.3) is 5.91 Å². The molecule has 0 saturated carbocycles.